The number of aromatic nitrogens is 1. The van der Waals surface area contributed by atoms with Crippen LogP contribution in [-0.4, -0.2) is 21.6 Å². The number of nitro groups is 1. The van der Waals surface area contributed by atoms with Gasteiger partial charge < -0.3 is 4.74 Å². The van der Waals surface area contributed by atoms with Crippen molar-refractivity contribution < 1.29 is 14.5 Å². The molecule has 2 aromatic rings. The van der Waals surface area contributed by atoms with Crippen LogP contribution in [0.5, 0.6) is 0 Å². The highest BCUT2D eigenvalue weighted by atomic mass is 16.6. The zero-order valence-electron chi connectivity index (χ0n) is 14.1. The van der Waals surface area contributed by atoms with E-state index in [1.165, 1.54) is 0 Å². The van der Waals surface area contributed by atoms with Gasteiger partial charge in [0.1, 0.15) is 10.5 Å². The number of nitrogens with zero attached hydrogens (tertiary/aromatic N) is 2. The molecule has 2 rings (SSSR count). The molecule has 1 aromatic heterocycles. The van der Waals surface area contributed by atoms with E-state index in [0.29, 0.717) is 16.9 Å². The van der Waals surface area contributed by atoms with E-state index >= 15 is 0 Å². The molecule has 0 aliphatic rings. The molecule has 0 atom stereocenters. The van der Waals surface area contributed by atoms with Crippen LogP contribution >= 0.6 is 0 Å². The van der Waals surface area contributed by atoms with Gasteiger partial charge in [-0.3, -0.25) is 10.3 Å². The quantitative estimate of drug-likeness (QED) is 0.390. The van der Waals surface area contributed by atoms with Crippen molar-refractivity contribution >= 4 is 11.8 Å². The Kier molecular flexibility index (Phi) is 5.35. The predicted octanol–water partition coefficient (Wildman–Crippen LogP) is 3.68. The molecule has 0 aliphatic heterocycles. The molecule has 7 nitrogen and oxygen atoms in total. The summed E-state index contributed by atoms with van der Waals surface area (Å²) in [4.78, 5) is 26.0. The fraction of sp³-hybridized carbons (Fsp3) is 0.222. The number of anilines is 1. The third-order valence-electron chi connectivity index (χ3n) is 2.90. The molecule has 1 heterocycles. The van der Waals surface area contributed by atoms with Crippen molar-refractivity contribution in [2.24, 2.45) is 0 Å². The third-order valence-corrected chi connectivity index (χ3v) is 2.90. The van der Waals surface area contributed by atoms with E-state index in [0.717, 1.165) is 5.56 Å². The van der Waals surface area contributed by atoms with Crippen molar-refractivity contribution in [1.82, 2.24) is 4.98 Å². The van der Waals surface area contributed by atoms with Crippen molar-refractivity contribution in [1.29, 1.82) is 0 Å². The molecule has 0 saturated carbocycles. The van der Waals surface area contributed by atoms with Crippen molar-refractivity contribution in [3.63, 3.8) is 0 Å². The number of nitrogens with one attached hydrogen (secondary N) is 1. The van der Waals surface area contributed by atoms with Crippen molar-refractivity contribution in [2.75, 3.05) is 5.32 Å². The van der Waals surface area contributed by atoms with E-state index < -0.39 is 16.6 Å². The Morgan fingerprint density at radius 2 is 2.04 bits per heavy atom. The van der Waals surface area contributed by atoms with Crippen LogP contribution in [0, 0.1) is 22.1 Å². The summed E-state index contributed by atoms with van der Waals surface area (Å²) in [7, 11) is 0. The highest BCUT2D eigenvalue weighted by Crippen LogP contribution is 2.24. The number of amides is 1. The van der Waals surface area contributed by atoms with Gasteiger partial charge in [0.05, 0.1) is 16.9 Å². The summed E-state index contributed by atoms with van der Waals surface area (Å²) in [6.45, 7) is 5.22. The van der Waals surface area contributed by atoms with E-state index in [-0.39, 0.29) is 0 Å². The van der Waals surface area contributed by atoms with Gasteiger partial charge in [-0.05, 0) is 45.0 Å². The van der Waals surface area contributed by atoms with Crippen LogP contribution in [0.4, 0.5) is 10.5 Å². The van der Waals surface area contributed by atoms with E-state index in [9.17, 15) is 14.9 Å². The number of carbonyl (C=O) groups is 1. The van der Waals surface area contributed by atoms with Crippen LogP contribution < -0.4 is 5.32 Å². The molecular weight excluding hydrogens is 322 g/mol. The second kappa shape index (κ2) is 7.45. The van der Waals surface area contributed by atoms with Gasteiger partial charge >= 0.3 is 6.09 Å². The minimum Gasteiger partial charge on any atom is -0.444 e. The van der Waals surface area contributed by atoms with Gasteiger partial charge in [-0.25, -0.2) is 14.9 Å². The molecule has 128 valence electrons. The highest BCUT2D eigenvalue weighted by Gasteiger charge is 2.17. The first-order chi connectivity index (χ1) is 11.7. The largest absolute Gasteiger partial charge is 0.444 e. The SMILES string of the molecule is CC(C)(C)OC(=O)Nc1ccc(-c2ccccn2)cc1C#C[N+](=O)[O-]. The Bertz CT molecular complexity index is 846. The molecule has 1 aromatic carbocycles. The van der Waals surface area contributed by atoms with Gasteiger partial charge in [0.15, 0.2) is 0 Å². The standard InChI is InChI=1S/C18H17N3O4/c1-18(2,3)25-17(22)20-16-8-7-13(15-6-4-5-10-19-15)12-14(16)9-11-21(23)24/h4-8,10,12H,1-3H3,(H,20,22). The average molecular weight is 339 g/mol. The van der Waals surface area contributed by atoms with Crippen LogP contribution in [0.25, 0.3) is 11.3 Å². The topological polar surface area (TPSA) is 94.4 Å². The number of hydrogen-bond acceptors (Lipinski definition) is 5. The zero-order valence-corrected chi connectivity index (χ0v) is 14.1. The minimum atomic E-state index is -0.745. The van der Waals surface area contributed by atoms with Gasteiger partial charge in [0.25, 0.3) is 6.04 Å². The first-order valence-corrected chi connectivity index (χ1v) is 7.46. The number of carbonyl (C=O) groups excluding carboxylic acids is 1. The monoisotopic (exact) mass is 339 g/mol. The van der Waals surface area contributed by atoms with E-state index in [1.54, 1.807) is 57.3 Å². The molecule has 0 radical (unpaired) electrons. The summed E-state index contributed by atoms with van der Waals surface area (Å²) in [6.07, 6.45) is 0.979. The molecule has 0 unspecified atom stereocenters. The predicted molar refractivity (Wildman–Crippen MR) is 93.4 cm³/mol. The summed E-state index contributed by atoms with van der Waals surface area (Å²) in [5, 5.41) is 13.1. The molecule has 25 heavy (non-hydrogen) atoms. The number of pyridine rings is 1. The lowest BCUT2D eigenvalue weighted by Gasteiger charge is -2.20. The summed E-state index contributed by atoms with van der Waals surface area (Å²) in [6, 6.07) is 12.3. The fourth-order valence-electron chi connectivity index (χ4n) is 1.97. The normalized spacial score (nSPS) is 10.4. The van der Waals surface area contributed by atoms with Crippen LogP contribution in [-0.2, 0) is 4.74 Å². The van der Waals surface area contributed by atoms with Gasteiger partial charge in [-0.15, -0.1) is 0 Å². The lowest BCUT2D eigenvalue weighted by Crippen LogP contribution is -2.27. The Morgan fingerprint density at radius 3 is 2.64 bits per heavy atom. The van der Waals surface area contributed by atoms with E-state index in [2.05, 4.69) is 16.2 Å². The maximum atomic E-state index is 11.9. The summed E-state index contributed by atoms with van der Waals surface area (Å²) in [5.41, 5.74) is 1.37. The first kappa shape index (κ1) is 17.9. The average Bonchev–Trinajstić information content (AvgIpc) is 2.53. The summed E-state index contributed by atoms with van der Waals surface area (Å²) < 4.78 is 5.19. The van der Waals surface area contributed by atoms with Gasteiger partial charge in [-0.2, -0.15) is 0 Å². The van der Waals surface area contributed by atoms with Crippen molar-refractivity contribution in [2.45, 2.75) is 26.4 Å². The molecule has 1 amide bonds. The van der Waals surface area contributed by atoms with Crippen LogP contribution in [0.2, 0.25) is 0 Å². The lowest BCUT2D eigenvalue weighted by molar-refractivity contribution is -0.379. The van der Waals surface area contributed by atoms with Crippen LogP contribution in [0.1, 0.15) is 26.3 Å². The Hall–Kier alpha value is -3.40. The van der Waals surface area contributed by atoms with Crippen LogP contribution in [0.15, 0.2) is 42.6 Å². The van der Waals surface area contributed by atoms with Crippen molar-refractivity contribution in [3.05, 3.63) is 58.3 Å². The lowest BCUT2D eigenvalue weighted by atomic mass is 10.1. The molecule has 7 heteroatoms. The maximum absolute atomic E-state index is 11.9. The van der Waals surface area contributed by atoms with E-state index in [1.807, 2.05) is 12.1 Å². The maximum Gasteiger partial charge on any atom is 0.412 e. The zero-order chi connectivity index (χ0) is 18.4. The minimum absolute atomic E-state index is 0.297. The summed E-state index contributed by atoms with van der Waals surface area (Å²) >= 11 is 0. The third kappa shape index (κ3) is 5.62. The molecule has 0 bridgehead atoms. The van der Waals surface area contributed by atoms with E-state index in [4.69, 9.17) is 4.74 Å². The fourth-order valence-corrected chi connectivity index (χ4v) is 1.97. The van der Waals surface area contributed by atoms with Gasteiger partial charge in [0, 0.05) is 17.7 Å². The Morgan fingerprint density at radius 1 is 1.28 bits per heavy atom. The Labute approximate surface area is 145 Å². The number of benzene rings is 1. The van der Waals surface area contributed by atoms with Crippen LogP contribution in [0.3, 0.4) is 0 Å². The molecule has 0 saturated heterocycles. The number of hydrogen-bond donors (Lipinski definition) is 1. The highest BCUT2D eigenvalue weighted by molar-refractivity contribution is 5.87. The van der Waals surface area contributed by atoms with Gasteiger partial charge in [-0.1, -0.05) is 12.1 Å². The molecule has 1 N–H and O–H groups in total. The number of rotatable bonds is 2. The molecular formula is C18H17N3O4. The molecule has 0 spiro atoms. The smallest absolute Gasteiger partial charge is 0.412 e. The Balaban J connectivity index is 2.37. The second-order valence-corrected chi connectivity index (χ2v) is 6.10. The molecule has 0 fully saturated rings. The molecule has 0 aliphatic carbocycles. The summed E-state index contributed by atoms with van der Waals surface area (Å²) in [5.74, 6) is 2.44. The van der Waals surface area contributed by atoms with Gasteiger partial charge in [0.2, 0.25) is 0 Å². The number of ether oxygens (including phenoxy) is 1. The van der Waals surface area contributed by atoms with Crippen molar-refractivity contribution in [3.8, 4) is 23.2 Å². The first-order valence-electron chi connectivity index (χ1n) is 7.46. The second-order valence-electron chi connectivity index (χ2n) is 6.10.